The van der Waals surface area contributed by atoms with E-state index in [0.717, 1.165) is 10.0 Å². The van der Waals surface area contributed by atoms with Gasteiger partial charge in [-0.15, -0.1) is 0 Å². The minimum atomic E-state index is -0.136. The summed E-state index contributed by atoms with van der Waals surface area (Å²) < 4.78 is 0.944. The van der Waals surface area contributed by atoms with E-state index in [9.17, 15) is 9.59 Å². The molecule has 0 aromatic heterocycles. The molecular weight excluding hydrogens is 258 g/mol. The molecule has 1 N–H and O–H groups in total. The fourth-order valence-corrected chi connectivity index (χ4v) is 1.56. The summed E-state index contributed by atoms with van der Waals surface area (Å²) in [6, 6.07) is 7.53. The first-order chi connectivity index (χ1) is 7.08. The molecular formula is C11H12BrNO2. The zero-order chi connectivity index (χ0) is 11.3. The maximum atomic E-state index is 11.3. The van der Waals surface area contributed by atoms with Crippen LogP contribution in [-0.2, 0) is 16.0 Å². The maximum absolute atomic E-state index is 11.3. The van der Waals surface area contributed by atoms with Gasteiger partial charge in [-0.2, -0.15) is 0 Å². The van der Waals surface area contributed by atoms with Crippen molar-refractivity contribution in [2.45, 2.75) is 13.3 Å². The summed E-state index contributed by atoms with van der Waals surface area (Å²) in [5.74, 6) is -0.180. The first-order valence-corrected chi connectivity index (χ1v) is 5.38. The van der Waals surface area contributed by atoms with Gasteiger partial charge < -0.3 is 5.32 Å². The summed E-state index contributed by atoms with van der Waals surface area (Å²) in [6.45, 7) is 1.55. The number of Topliss-reactive ketones (excluding diaryl/α,β-unsaturated/α-hetero) is 1. The molecule has 0 saturated carbocycles. The lowest BCUT2D eigenvalue weighted by molar-refractivity contribution is -0.124. The Morgan fingerprint density at radius 2 is 2.13 bits per heavy atom. The van der Waals surface area contributed by atoms with Gasteiger partial charge in [-0.3, -0.25) is 9.59 Å². The van der Waals surface area contributed by atoms with E-state index in [0.29, 0.717) is 6.42 Å². The highest BCUT2D eigenvalue weighted by Crippen LogP contribution is 2.11. The molecule has 80 valence electrons. The molecule has 4 heteroatoms. The molecule has 0 fully saturated rings. The molecule has 3 nitrogen and oxygen atoms in total. The van der Waals surface area contributed by atoms with Crippen molar-refractivity contribution < 1.29 is 9.59 Å². The van der Waals surface area contributed by atoms with Crippen LogP contribution in [0, 0.1) is 0 Å². The Morgan fingerprint density at radius 1 is 1.40 bits per heavy atom. The molecule has 0 radical (unpaired) electrons. The molecule has 0 heterocycles. The van der Waals surface area contributed by atoms with Crippen LogP contribution in [0.2, 0.25) is 0 Å². The number of ketones is 1. The molecule has 0 bridgehead atoms. The molecule has 0 aliphatic carbocycles. The number of nitrogens with one attached hydrogen (secondary N) is 1. The lowest BCUT2D eigenvalue weighted by atomic mass is 10.1. The van der Waals surface area contributed by atoms with Crippen LogP contribution in [0.25, 0.3) is 0 Å². The molecule has 0 aliphatic heterocycles. The minimum Gasteiger partial charge on any atom is -0.349 e. The van der Waals surface area contributed by atoms with E-state index in [4.69, 9.17) is 0 Å². The minimum absolute atomic E-state index is 0.0439. The highest BCUT2D eigenvalue weighted by Gasteiger charge is 2.03. The van der Waals surface area contributed by atoms with Gasteiger partial charge >= 0.3 is 0 Å². The van der Waals surface area contributed by atoms with Gasteiger partial charge in [-0.25, -0.2) is 0 Å². The average Bonchev–Trinajstić information content (AvgIpc) is 2.15. The number of rotatable bonds is 4. The van der Waals surface area contributed by atoms with Gasteiger partial charge in [0.05, 0.1) is 13.0 Å². The Hall–Kier alpha value is -1.16. The fourth-order valence-electron chi connectivity index (χ4n) is 1.12. The zero-order valence-corrected chi connectivity index (χ0v) is 10.0. The molecule has 1 rings (SSSR count). The van der Waals surface area contributed by atoms with Crippen LogP contribution in [0.4, 0.5) is 0 Å². The molecule has 1 amide bonds. The summed E-state index contributed by atoms with van der Waals surface area (Å²) >= 11 is 3.33. The fraction of sp³-hybridized carbons (Fsp3) is 0.273. The van der Waals surface area contributed by atoms with E-state index in [2.05, 4.69) is 21.2 Å². The Bertz CT molecular complexity index is 377. The van der Waals surface area contributed by atoms with Crippen LogP contribution in [0.5, 0.6) is 0 Å². The van der Waals surface area contributed by atoms with Crippen LogP contribution < -0.4 is 5.32 Å². The van der Waals surface area contributed by atoms with Crippen molar-refractivity contribution in [2.24, 2.45) is 0 Å². The number of hydrogen-bond acceptors (Lipinski definition) is 2. The average molecular weight is 270 g/mol. The number of benzene rings is 1. The van der Waals surface area contributed by atoms with Gasteiger partial charge in [-0.1, -0.05) is 28.1 Å². The second kappa shape index (κ2) is 5.66. The zero-order valence-electron chi connectivity index (χ0n) is 8.42. The summed E-state index contributed by atoms with van der Waals surface area (Å²) in [5.41, 5.74) is 0.922. The Morgan fingerprint density at radius 3 is 2.73 bits per heavy atom. The van der Waals surface area contributed by atoms with Crippen molar-refractivity contribution in [2.75, 3.05) is 6.54 Å². The highest BCUT2D eigenvalue weighted by atomic mass is 79.9. The standard InChI is InChI=1S/C11H12BrNO2/c1-8(14)7-13-11(15)6-9-3-2-4-10(12)5-9/h2-5H,6-7H2,1H3,(H,13,15). The highest BCUT2D eigenvalue weighted by molar-refractivity contribution is 9.10. The second-order valence-corrected chi connectivity index (χ2v) is 4.20. The van der Waals surface area contributed by atoms with Crippen LogP contribution in [0.1, 0.15) is 12.5 Å². The van der Waals surface area contributed by atoms with Crippen LogP contribution >= 0.6 is 15.9 Å². The third kappa shape index (κ3) is 4.74. The summed E-state index contributed by atoms with van der Waals surface area (Å²) in [5, 5.41) is 2.55. The Balaban J connectivity index is 2.48. The normalized spacial score (nSPS) is 9.73. The Labute approximate surface area is 97.0 Å². The van der Waals surface area contributed by atoms with Gasteiger partial charge in [0, 0.05) is 4.47 Å². The largest absolute Gasteiger partial charge is 0.349 e. The van der Waals surface area contributed by atoms with E-state index >= 15 is 0 Å². The van der Waals surface area contributed by atoms with E-state index < -0.39 is 0 Å². The van der Waals surface area contributed by atoms with Gasteiger partial charge in [-0.05, 0) is 24.6 Å². The van der Waals surface area contributed by atoms with Gasteiger partial charge in [0.2, 0.25) is 5.91 Å². The van der Waals surface area contributed by atoms with Gasteiger partial charge in [0.1, 0.15) is 5.78 Å². The van der Waals surface area contributed by atoms with Crippen molar-refractivity contribution in [3.63, 3.8) is 0 Å². The lowest BCUT2D eigenvalue weighted by Crippen LogP contribution is -2.29. The topological polar surface area (TPSA) is 46.2 Å². The van der Waals surface area contributed by atoms with E-state index in [1.165, 1.54) is 6.92 Å². The van der Waals surface area contributed by atoms with Crippen molar-refractivity contribution in [1.82, 2.24) is 5.32 Å². The predicted molar refractivity (Wildman–Crippen MR) is 61.5 cm³/mol. The molecule has 1 aromatic rings. The number of hydrogen-bond donors (Lipinski definition) is 1. The molecule has 0 atom stereocenters. The van der Waals surface area contributed by atoms with Crippen LogP contribution in [0.15, 0.2) is 28.7 Å². The van der Waals surface area contributed by atoms with Crippen molar-refractivity contribution in [1.29, 1.82) is 0 Å². The SMILES string of the molecule is CC(=O)CNC(=O)Cc1cccc(Br)c1. The van der Waals surface area contributed by atoms with Crippen LogP contribution in [0.3, 0.4) is 0 Å². The lowest BCUT2D eigenvalue weighted by Gasteiger charge is -2.03. The Kier molecular flexibility index (Phi) is 4.49. The maximum Gasteiger partial charge on any atom is 0.224 e. The molecule has 0 spiro atoms. The quantitative estimate of drug-likeness (QED) is 0.905. The second-order valence-electron chi connectivity index (χ2n) is 3.29. The smallest absolute Gasteiger partial charge is 0.224 e. The third-order valence-electron chi connectivity index (χ3n) is 1.79. The third-order valence-corrected chi connectivity index (χ3v) is 2.28. The number of carbonyl (C=O) groups is 2. The van der Waals surface area contributed by atoms with E-state index in [1.807, 2.05) is 24.3 Å². The van der Waals surface area contributed by atoms with E-state index in [-0.39, 0.29) is 18.2 Å². The number of amides is 1. The van der Waals surface area contributed by atoms with Crippen molar-refractivity contribution in [3.8, 4) is 0 Å². The molecule has 0 unspecified atom stereocenters. The predicted octanol–water partition coefficient (Wildman–Crippen LogP) is 1.70. The monoisotopic (exact) mass is 269 g/mol. The summed E-state index contributed by atoms with van der Waals surface area (Å²) in [6.07, 6.45) is 0.298. The van der Waals surface area contributed by atoms with Crippen LogP contribution in [-0.4, -0.2) is 18.2 Å². The summed E-state index contributed by atoms with van der Waals surface area (Å²) in [7, 11) is 0. The first-order valence-electron chi connectivity index (χ1n) is 4.58. The molecule has 1 aromatic carbocycles. The number of carbonyl (C=O) groups excluding carboxylic acids is 2. The molecule has 0 saturated heterocycles. The van der Waals surface area contributed by atoms with E-state index in [1.54, 1.807) is 0 Å². The van der Waals surface area contributed by atoms with Gasteiger partial charge in [0.15, 0.2) is 0 Å². The molecule has 0 aliphatic rings. The van der Waals surface area contributed by atoms with Gasteiger partial charge in [0.25, 0.3) is 0 Å². The first kappa shape index (κ1) is 11.9. The van der Waals surface area contributed by atoms with Crippen molar-refractivity contribution in [3.05, 3.63) is 34.3 Å². The van der Waals surface area contributed by atoms with Crippen molar-refractivity contribution >= 4 is 27.6 Å². The summed E-state index contributed by atoms with van der Waals surface area (Å²) in [4.78, 5) is 22.0. The molecule has 15 heavy (non-hydrogen) atoms. The number of halogens is 1.